The van der Waals surface area contributed by atoms with Gasteiger partial charge in [0.1, 0.15) is 0 Å². The molecule has 4 nitrogen and oxygen atoms in total. The minimum Gasteiger partial charge on any atom is -0.370 e. The molecule has 0 radical (unpaired) electrons. The van der Waals surface area contributed by atoms with Crippen molar-refractivity contribution in [3.8, 4) is 0 Å². The molecule has 0 heterocycles. The molecule has 0 fully saturated rings. The highest BCUT2D eigenvalue weighted by Gasteiger charge is 1.92. The lowest BCUT2D eigenvalue weighted by Gasteiger charge is -1.95. The van der Waals surface area contributed by atoms with Crippen LogP contribution in [0.4, 0.5) is 0 Å². The predicted molar refractivity (Wildman–Crippen MR) is 55.4 cm³/mol. The van der Waals surface area contributed by atoms with Crippen LogP contribution in [0.5, 0.6) is 0 Å². The SMILES string of the molecule is CC(C)=CCSC(=N)N=C(N)N. The molecule has 0 aliphatic heterocycles. The highest BCUT2D eigenvalue weighted by Crippen LogP contribution is 2.04. The number of rotatable bonds is 2. The van der Waals surface area contributed by atoms with Crippen molar-refractivity contribution < 1.29 is 0 Å². The molecule has 0 saturated heterocycles. The van der Waals surface area contributed by atoms with Gasteiger partial charge in [0.25, 0.3) is 0 Å². The van der Waals surface area contributed by atoms with Gasteiger partial charge >= 0.3 is 0 Å². The Morgan fingerprint density at radius 1 is 1.50 bits per heavy atom. The topological polar surface area (TPSA) is 88.2 Å². The zero-order valence-corrected chi connectivity index (χ0v) is 8.11. The maximum Gasteiger partial charge on any atom is 0.193 e. The minimum atomic E-state index is -0.0651. The van der Waals surface area contributed by atoms with Crippen LogP contribution in [0.3, 0.4) is 0 Å². The smallest absolute Gasteiger partial charge is 0.193 e. The van der Waals surface area contributed by atoms with Crippen molar-refractivity contribution in [3.63, 3.8) is 0 Å². The van der Waals surface area contributed by atoms with Crippen LogP contribution in [0.15, 0.2) is 16.6 Å². The summed E-state index contributed by atoms with van der Waals surface area (Å²) in [5.74, 6) is 0.669. The second-order valence-electron chi connectivity index (χ2n) is 2.43. The monoisotopic (exact) mass is 186 g/mol. The number of hydrogen-bond donors (Lipinski definition) is 3. The van der Waals surface area contributed by atoms with Crippen LogP contribution in [0, 0.1) is 5.41 Å². The third-order valence-electron chi connectivity index (χ3n) is 0.942. The van der Waals surface area contributed by atoms with Crippen LogP contribution < -0.4 is 11.5 Å². The molecule has 12 heavy (non-hydrogen) atoms. The van der Waals surface area contributed by atoms with Gasteiger partial charge in [-0.05, 0) is 13.8 Å². The summed E-state index contributed by atoms with van der Waals surface area (Å²) < 4.78 is 0. The molecule has 0 bridgehead atoms. The first kappa shape index (κ1) is 11.0. The van der Waals surface area contributed by atoms with Gasteiger partial charge in [0, 0.05) is 5.75 Å². The molecule has 0 unspecified atom stereocenters. The summed E-state index contributed by atoms with van der Waals surface area (Å²) in [6.45, 7) is 4.01. The van der Waals surface area contributed by atoms with E-state index in [1.807, 2.05) is 19.9 Å². The van der Waals surface area contributed by atoms with E-state index in [1.54, 1.807) is 0 Å². The van der Waals surface area contributed by atoms with Gasteiger partial charge in [-0.1, -0.05) is 23.4 Å². The Kier molecular flexibility index (Phi) is 5.19. The van der Waals surface area contributed by atoms with E-state index in [9.17, 15) is 0 Å². The van der Waals surface area contributed by atoms with Crippen LogP contribution >= 0.6 is 11.8 Å². The highest BCUT2D eigenvalue weighted by atomic mass is 32.2. The van der Waals surface area contributed by atoms with Crippen molar-refractivity contribution in [2.75, 3.05) is 5.75 Å². The summed E-state index contributed by atoms with van der Waals surface area (Å²) in [5.41, 5.74) is 11.4. The Morgan fingerprint density at radius 2 is 2.08 bits per heavy atom. The Balaban J connectivity index is 3.74. The number of nitrogens with zero attached hydrogens (tertiary/aromatic N) is 1. The van der Waals surface area contributed by atoms with Crippen molar-refractivity contribution in [2.24, 2.45) is 16.5 Å². The first-order chi connectivity index (χ1) is 5.52. The van der Waals surface area contributed by atoms with E-state index in [0.29, 0.717) is 0 Å². The van der Waals surface area contributed by atoms with Gasteiger partial charge in [-0.25, -0.2) is 0 Å². The number of aliphatic imine (C=N–C) groups is 1. The van der Waals surface area contributed by atoms with Gasteiger partial charge in [-0.15, -0.1) is 0 Å². The van der Waals surface area contributed by atoms with Crippen LogP contribution in [-0.2, 0) is 0 Å². The normalized spacial score (nSPS) is 8.83. The lowest BCUT2D eigenvalue weighted by atomic mass is 10.3. The Bertz CT molecular complexity index is 211. The molecule has 68 valence electrons. The number of allylic oxidation sites excluding steroid dienone is 1. The second kappa shape index (κ2) is 5.65. The molecular weight excluding hydrogens is 172 g/mol. The van der Waals surface area contributed by atoms with Gasteiger partial charge in [0.05, 0.1) is 0 Å². The van der Waals surface area contributed by atoms with Crippen molar-refractivity contribution in [1.29, 1.82) is 5.41 Å². The molecule has 0 atom stereocenters. The van der Waals surface area contributed by atoms with E-state index < -0.39 is 0 Å². The molecule has 5 N–H and O–H groups in total. The first-order valence-corrected chi connectivity index (χ1v) is 4.45. The van der Waals surface area contributed by atoms with E-state index in [-0.39, 0.29) is 11.1 Å². The summed E-state index contributed by atoms with van der Waals surface area (Å²) in [4.78, 5) is 3.56. The zero-order chi connectivity index (χ0) is 9.56. The molecule has 0 saturated carbocycles. The molecule has 0 amide bonds. The third-order valence-corrected chi connectivity index (χ3v) is 1.64. The number of guanidine groups is 1. The summed E-state index contributed by atoms with van der Waals surface area (Å²) in [6, 6.07) is 0. The zero-order valence-electron chi connectivity index (χ0n) is 7.29. The van der Waals surface area contributed by atoms with Crippen LogP contribution in [0.25, 0.3) is 0 Å². The Labute approximate surface area is 76.6 Å². The van der Waals surface area contributed by atoms with E-state index in [1.165, 1.54) is 17.3 Å². The molecule has 0 aromatic heterocycles. The lowest BCUT2D eigenvalue weighted by Crippen LogP contribution is -2.23. The van der Waals surface area contributed by atoms with Gasteiger partial charge in [-0.2, -0.15) is 4.99 Å². The molecule has 0 aliphatic carbocycles. The quantitative estimate of drug-likeness (QED) is 0.340. The third kappa shape index (κ3) is 7.14. The van der Waals surface area contributed by atoms with Gasteiger partial charge in [-0.3, -0.25) is 5.41 Å². The molecule has 0 spiro atoms. The lowest BCUT2D eigenvalue weighted by molar-refractivity contribution is 1.37. The van der Waals surface area contributed by atoms with Crippen molar-refractivity contribution in [2.45, 2.75) is 13.8 Å². The predicted octanol–water partition coefficient (Wildman–Crippen LogP) is 0.894. The standard InChI is InChI=1S/C7H14N4S/c1-5(2)3-4-12-7(10)11-6(8)9/h3H,4H2,1-2H3,(H5,8,9,10,11). The van der Waals surface area contributed by atoms with Crippen molar-refractivity contribution in [1.82, 2.24) is 0 Å². The van der Waals surface area contributed by atoms with E-state index in [4.69, 9.17) is 16.9 Å². The van der Waals surface area contributed by atoms with E-state index >= 15 is 0 Å². The van der Waals surface area contributed by atoms with Gasteiger partial charge in [0.2, 0.25) is 0 Å². The summed E-state index contributed by atoms with van der Waals surface area (Å²) in [7, 11) is 0. The number of hydrogen-bond acceptors (Lipinski definition) is 2. The maximum atomic E-state index is 7.25. The number of nitrogens with two attached hydrogens (primary N) is 2. The molecule has 5 heteroatoms. The number of amidine groups is 1. The number of thioether (sulfide) groups is 1. The van der Waals surface area contributed by atoms with Crippen molar-refractivity contribution >= 4 is 22.9 Å². The molecule has 0 aromatic carbocycles. The van der Waals surface area contributed by atoms with Crippen LogP contribution in [-0.4, -0.2) is 16.9 Å². The van der Waals surface area contributed by atoms with Crippen LogP contribution in [0.2, 0.25) is 0 Å². The Hall–Kier alpha value is -0.970. The fourth-order valence-electron chi connectivity index (χ4n) is 0.437. The second-order valence-corrected chi connectivity index (χ2v) is 3.44. The summed E-state index contributed by atoms with van der Waals surface area (Å²) >= 11 is 1.29. The fourth-order valence-corrected chi connectivity index (χ4v) is 1.18. The Morgan fingerprint density at radius 3 is 2.50 bits per heavy atom. The fraction of sp³-hybridized carbons (Fsp3) is 0.429. The molecule has 0 aliphatic rings. The maximum absolute atomic E-state index is 7.25. The van der Waals surface area contributed by atoms with Gasteiger partial charge in [0.15, 0.2) is 11.1 Å². The van der Waals surface area contributed by atoms with E-state index in [2.05, 4.69) is 4.99 Å². The van der Waals surface area contributed by atoms with Crippen molar-refractivity contribution in [3.05, 3.63) is 11.6 Å². The summed E-state index contributed by atoms with van der Waals surface area (Å²) in [5, 5.41) is 7.40. The minimum absolute atomic E-state index is 0.0651. The summed E-state index contributed by atoms with van der Waals surface area (Å²) in [6.07, 6.45) is 2.02. The van der Waals surface area contributed by atoms with Gasteiger partial charge < -0.3 is 11.5 Å². The number of nitrogens with one attached hydrogen (secondary N) is 1. The highest BCUT2D eigenvalue weighted by molar-refractivity contribution is 8.13. The van der Waals surface area contributed by atoms with Crippen LogP contribution in [0.1, 0.15) is 13.8 Å². The average Bonchev–Trinajstić information content (AvgIpc) is 1.84. The molecule has 0 rings (SSSR count). The molecule has 0 aromatic rings. The van der Waals surface area contributed by atoms with E-state index in [0.717, 1.165) is 5.75 Å². The average molecular weight is 186 g/mol. The largest absolute Gasteiger partial charge is 0.370 e. The molecular formula is C7H14N4S. The first-order valence-electron chi connectivity index (χ1n) is 3.46.